The number of benzene rings is 1. The Morgan fingerprint density at radius 2 is 2.09 bits per heavy atom. The smallest absolute Gasteiger partial charge is 0.319 e. The third kappa shape index (κ3) is 4.11. The van der Waals surface area contributed by atoms with Crippen molar-refractivity contribution in [3.63, 3.8) is 0 Å². The second-order valence-electron chi connectivity index (χ2n) is 4.84. The van der Waals surface area contributed by atoms with Crippen LogP contribution in [0.1, 0.15) is 5.56 Å². The number of aromatic nitrogens is 1. The van der Waals surface area contributed by atoms with Gasteiger partial charge in [0.1, 0.15) is 5.69 Å². The Labute approximate surface area is 138 Å². The molecule has 0 aliphatic rings. The van der Waals surface area contributed by atoms with Gasteiger partial charge in [0.05, 0.1) is 6.26 Å². The summed E-state index contributed by atoms with van der Waals surface area (Å²) in [5.41, 5.74) is 2.29. The monoisotopic (exact) mass is 327 g/mol. The molecule has 0 radical (unpaired) electrons. The minimum atomic E-state index is -0.302. The lowest BCUT2D eigenvalue weighted by molar-refractivity contribution is 0.251. The van der Waals surface area contributed by atoms with E-state index in [0.717, 1.165) is 11.3 Å². The molecule has 6 heteroatoms. The highest BCUT2D eigenvalue weighted by Crippen LogP contribution is 2.18. The SMILES string of the molecule is O=C(NCc1ccnc(-c2ccco2)c1)Nc1cccc(Cl)c1. The first-order valence-corrected chi connectivity index (χ1v) is 7.38. The number of nitrogens with one attached hydrogen (secondary N) is 2. The van der Waals surface area contributed by atoms with Crippen LogP contribution in [0.4, 0.5) is 10.5 Å². The number of rotatable bonds is 4. The van der Waals surface area contributed by atoms with Crippen LogP contribution in [-0.2, 0) is 6.54 Å². The fourth-order valence-corrected chi connectivity index (χ4v) is 2.26. The van der Waals surface area contributed by atoms with E-state index in [0.29, 0.717) is 23.0 Å². The minimum absolute atomic E-state index is 0.302. The molecule has 5 nitrogen and oxygen atoms in total. The minimum Gasteiger partial charge on any atom is -0.463 e. The first-order valence-electron chi connectivity index (χ1n) is 7.00. The van der Waals surface area contributed by atoms with Gasteiger partial charge in [0.15, 0.2) is 5.76 Å². The molecule has 0 saturated carbocycles. The fourth-order valence-electron chi connectivity index (χ4n) is 2.07. The molecule has 0 unspecified atom stereocenters. The molecule has 2 N–H and O–H groups in total. The molecule has 1 aromatic carbocycles. The van der Waals surface area contributed by atoms with Gasteiger partial charge in [-0.3, -0.25) is 4.98 Å². The van der Waals surface area contributed by atoms with Gasteiger partial charge in [-0.2, -0.15) is 0 Å². The van der Waals surface area contributed by atoms with Gasteiger partial charge in [0.2, 0.25) is 0 Å². The Morgan fingerprint density at radius 3 is 2.87 bits per heavy atom. The summed E-state index contributed by atoms with van der Waals surface area (Å²) in [6, 6.07) is 14.0. The summed E-state index contributed by atoms with van der Waals surface area (Å²) in [6.07, 6.45) is 3.28. The average Bonchev–Trinajstić information content (AvgIpc) is 3.08. The Hall–Kier alpha value is -2.79. The number of carbonyl (C=O) groups excluding carboxylic acids is 1. The number of furan rings is 1. The van der Waals surface area contributed by atoms with Crippen molar-refractivity contribution >= 4 is 23.3 Å². The second kappa shape index (κ2) is 6.98. The van der Waals surface area contributed by atoms with E-state index in [1.54, 1.807) is 42.8 Å². The number of amides is 2. The maximum absolute atomic E-state index is 11.9. The third-order valence-electron chi connectivity index (χ3n) is 3.13. The predicted octanol–water partition coefficient (Wildman–Crippen LogP) is 4.32. The van der Waals surface area contributed by atoms with E-state index in [-0.39, 0.29) is 6.03 Å². The number of nitrogens with zero attached hydrogens (tertiary/aromatic N) is 1. The number of hydrogen-bond donors (Lipinski definition) is 2. The number of urea groups is 1. The molecule has 3 aromatic rings. The van der Waals surface area contributed by atoms with Crippen molar-refractivity contribution in [3.05, 3.63) is 71.6 Å². The Bertz CT molecular complexity index is 803. The highest BCUT2D eigenvalue weighted by molar-refractivity contribution is 6.30. The largest absolute Gasteiger partial charge is 0.463 e. The van der Waals surface area contributed by atoms with Crippen LogP contribution in [0.5, 0.6) is 0 Å². The van der Waals surface area contributed by atoms with Gasteiger partial charge in [0, 0.05) is 23.5 Å². The second-order valence-corrected chi connectivity index (χ2v) is 5.28. The van der Waals surface area contributed by atoms with E-state index in [2.05, 4.69) is 15.6 Å². The van der Waals surface area contributed by atoms with Crippen LogP contribution in [0.2, 0.25) is 5.02 Å². The Kier molecular flexibility index (Phi) is 4.59. The number of pyridine rings is 1. The Balaban J connectivity index is 1.60. The number of anilines is 1. The van der Waals surface area contributed by atoms with Gasteiger partial charge in [-0.15, -0.1) is 0 Å². The molecule has 0 saturated heterocycles. The lowest BCUT2D eigenvalue weighted by Crippen LogP contribution is -2.28. The molecule has 0 atom stereocenters. The normalized spacial score (nSPS) is 10.3. The average molecular weight is 328 g/mol. The van der Waals surface area contributed by atoms with Gasteiger partial charge >= 0.3 is 6.03 Å². The first-order chi connectivity index (χ1) is 11.2. The van der Waals surface area contributed by atoms with Gasteiger partial charge in [-0.25, -0.2) is 4.79 Å². The lowest BCUT2D eigenvalue weighted by atomic mass is 10.2. The summed E-state index contributed by atoms with van der Waals surface area (Å²) in [7, 11) is 0. The number of halogens is 1. The molecule has 23 heavy (non-hydrogen) atoms. The van der Waals surface area contributed by atoms with Crippen LogP contribution in [0.3, 0.4) is 0 Å². The molecule has 0 bridgehead atoms. The van der Waals surface area contributed by atoms with Crippen molar-refractivity contribution in [2.45, 2.75) is 6.54 Å². The summed E-state index contributed by atoms with van der Waals surface area (Å²) in [4.78, 5) is 16.2. The van der Waals surface area contributed by atoms with Crippen LogP contribution >= 0.6 is 11.6 Å². The molecule has 0 spiro atoms. The molecule has 2 heterocycles. The fraction of sp³-hybridized carbons (Fsp3) is 0.0588. The zero-order chi connectivity index (χ0) is 16.1. The molecule has 2 amide bonds. The van der Waals surface area contributed by atoms with Crippen molar-refractivity contribution in [2.24, 2.45) is 0 Å². The molecular weight excluding hydrogens is 314 g/mol. The van der Waals surface area contributed by atoms with Crippen LogP contribution < -0.4 is 10.6 Å². The predicted molar refractivity (Wildman–Crippen MR) is 89.2 cm³/mol. The zero-order valence-electron chi connectivity index (χ0n) is 12.1. The van der Waals surface area contributed by atoms with E-state index in [4.69, 9.17) is 16.0 Å². The molecule has 3 rings (SSSR count). The van der Waals surface area contributed by atoms with Crippen molar-refractivity contribution in [2.75, 3.05) is 5.32 Å². The number of carbonyl (C=O) groups is 1. The molecular formula is C17H14ClN3O2. The van der Waals surface area contributed by atoms with Crippen LogP contribution in [0, 0.1) is 0 Å². The topological polar surface area (TPSA) is 67.2 Å². The van der Waals surface area contributed by atoms with Crippen LogP contribution in [-0.4, -0.2) is 11.0 Å². The van der Waals surface area contributed by atoms with Gasteiger partial charge < -0.3 is 15.1 Å². The standard InChI is InChI=1S/C17H14ClN3O2/c18-13-3-1-4-14(10-13)21-17(22)20-11-12-6-7-19-15(9-12)16-5-2-8-23-16/h1-10H,11H2,(H2,20,21,22). The van der Waals surface area contributed by atoms with Gasteiger partial charge in [0.25, 0.3) is 0 Å². The van der Waals surface area contributed by atoms with Gasteiger partial charge in [-0.1, -0.05) is 17.7 Å². The molecule has 0 aliphatic carbocycles. The molecule has 2 aromatic heterocycles. The third-order valence-corrected chi connectivity index (χ3v) is 3.37. The first kappa shape index (κ1) is 15.1. The summed E-state index contributed by atoms with van der Waals surface area (Å²) in [5.74, 6) is 0.690. The van der Waals surface area contributed by atoms with Crippen molar-refractivity contribution in [3.8, 4) is 11.5 Å². The van der Waals surface area contributed by atoms with Crippen molar-refractivity contribution in [1.82, 2.24) is 10.3 Å². The summed E-state index contributed by atoms with van der Waals surface area (Å²) in [6.45, 7) is 0.378. The van der Waals surface area contributed by atoms with Crippen molar-refractivity contribution < 1.29 is 9.21 Å². The highest BCUT2D eigenvalue weighted by Gasteiger charge is 2.05. The maximum Gasteiger partial charge on any atom is 0.319 e. The molecule has 116 valence electrons. The van der Waals surface area contributed by atoms with E-state index in [1.807, 2.05) is 18.2 Å². The quantitative estimate of drug-likeness (QED) is 0.750. The van der Waals surface area contributed by atoms with Crippen molar-refractivity contribution in [1.29, 1.82) is 0 Å². The van der Waals surface area contributed by atoms with E-state index in [1.165, 1.54) is 0 Å². The molecule has 0 aliphatic heterocycles. The summed E-state index contributed by atoms with van der Waals surface area (Å²) in [5, 5.41) is 6.08. The van der Waals surface area contributed by atoms with Crippen LogP contribution in [0.25, 0.3) is 11.5 Å². The highest BCUT2D eigenvalue weighted by atomic mass is 35.5. The zero-order valence-corrected chi connectivity index (χ0v) is 12.9. The van der Waals surface area contributed by atoms with Gasteiger partial charge in [-0.05, 0) is 48.0 Å². The van der Waals surface area contributed by atoms with E-state index in [9.17, 15) is 4.79 Å². The maximum atomic E-state index is 11.9. The number of hydrogen-bond acceptors (Lipinski definition) is 3. The lowest BCUT2D eigenvalue weighted by Gasteiger charge is -2.08. The van der Waals surface area contributed by atoms with E-state index >= 15 is 0 Å². The Morgan fingerprint density at radius 1 is 1.17 bits per heavy atom. The van der Waals surface area contributed by atoms with Crippen LogP contribution in [0.15, 0.2) is 65.4 Å². The van der Waals surface area contributed by atoms with E-state index < -0.39 is 0 Å². The summed E-state index contributed by atoms with van der Waals surface area (Å²) >= 11 is 5.88. The summed E-state index contributed by atoms with van der Waals surface area (Å²) < 4.78 is 5.32. The molecule has 0 fully saturated rings.